The minimum atomic E-state index is -1.03. The quantitative estimate of drug-likeness (QED) is 0.689. The van der Waals surface area contributed by atoms with Crippen LogP contribution in [0, 0.1) is 11.6 Å². The smallest absolute Gasteiger partial charge is 0.228 e. The van der Waals surface area contributed by atoms with Crippen LogP contribution >= 0.6 is 0 Å². The van der Waals surface area contributed by atoms with E-state index in [9.17, 15) is 13.6 Å². The average Bonchev–Trinajstić information content (AvgIpc) is 3.05. The summed E-state index contributed by atoms with van der Waals surface area (Å²) in [5.41, 5.74) is 1.54. The Morgan fingerprint density at radius 2 is 1.78 bits per heavy atom. The lowest BCUT2D eigenvalue weighted by Gasteiger charge is -2.14. The Hall–Kier alpha value is -3.29. The zero-order valence-electron chi connectivity index (χ0n) is 15.0. The summed E-state index contributed by atoms with van der Waals surface area (Å²) >= 11 is 0. The fraction of sp³-hybridized carbons (Fsp3) is 0.211. The highest BCUT2D eigenvalue weighted by molar-refractivity contribution is 5.99. The maximum atomic E-state index is 13.3. The Labute approximate surface area is 154 Å². The van der Waals surface area contributed by atoms with E-state index < -0.39 is 17.5 Å². The molecule has 0 atom stereocenters. The number of methoxy groups -OCH3 is 3. The molecule has 0 aliphatic rings. The highest BCUT2D eigenvalue weighted by Crippen LogP contribution is 2.44. The number of ether oxygens (including phenoxy) is 3. The summed E-state index contributed by atoms with van der Waals surface area (Å²) in [5, 5.41) is 3.22. The molecule has 0 fully saturated rings. The maximum Gasteiger partial charge on any atom is 0.228 e. The topological polar surface area (TPSA) is 72.6 Å². The molecule has 1 amide bonds. The second-order valence-electron chi connectivity index (χ2n) is 5.74. The van der Waals surface area contributed by atoms with Crippen molar-refractivity contribution in [3.8, 4) is 17.2 Å². The Kier molecular flexibility index (Phi) is 5.16. The first-order valence-corrected chi connectivity index (χ1v) is 8.02. The SMILES string of the molecule is COc1cc2[nH]cc(CC(=O)Nc3ccc(F)c(F)c3)c2c(OC)c1OC. The summed E-state index contributed by atoms with van der Waals surface area (Å²) in [7, 11) is 4.51. The number of H-pyrrole nitrogens is 1. The van der Waals surface area contributed by atoms with Crippen LogP contribution in [-0.4, -0.2) is 32.2 Å². The number of hydrogen-bond acceptors (Lipinski definition) is 4. The van der Waals surface area contributed by atoms with E-state index in [2.05, 4.69) is 10.3 Å². The molecule has 142 valence electrons. The highest BCUT2D eigenvalue weighted by atomic mass is 19.2. The number of carbonyl (C=O) groups is 1. The number of carbonyl (C=O) groups excluding carboxylic acids is 1. The first-order valence-electron chi connectivity index (χ1n) is 8.02. The van der Waals surface area contributed by atoms with Gasteiger partial charge in [0, 0.05) is 29.4 Å². The Balaban J connectivity index is 1.92. The molecule has 1 heterocycles. The largest absolute Gasteiger partial charge is 0.493 e. The molecule has 0 aliphatic carbocycles. The van der Waals surface area contributed by atoms with Crippen molar-refractivity contribution in [3.05, 3.63) is 47.7 Å². The van der Waals surface area contributed by atoms with Gasteiger partial charge in [-0.2, -0.15) is 0 Å². The molecule has 3 rings (SSSR count). The standard InChI is InChI=1S/C19H18F2N2O4/c1-25-15-8-14-17(19(27-3)18(15)26-2)10(9-22-14)6-16(24)23-11-4-5-12(20)13(21)7-11/h4-5,7-9,22H,6H2,1-3H3,(H,23,24). The Bertz CT molecular complexity index is 1000. The molecule has 2 N–H and O–H groups in total. The van der Waals surface area contributed by atoms with Crippen molar-refractivity contribution >= 4 is 22.5 Å². The van der Waals surface area contributed by atoms with Crippen molar-refractivity contribution < 1.29 is 27.8 Å². The van der Waals surface area contributed by atoms with Crippen LogP contribution in [0.4, 0.5) is 14.5 Å². The number of fused-ring (bicyclic) bond motifs is 1. The van der Waals surface area contributed by atoms with Crippen molar-refractivity contribution in [1.82, 2.24) is 4.98 Å². The lowest BCUT2D eigenvalue weighted by atomic mass is 10.1. The molecule has 0 aliphatic heterocycles. The molecule has 8 heteroatoms. The molecule has 0 spiro atoms. The van der Waals surface area contributed by atoms with E-state index in [0.29, 0.717) is 33.7 Å². The van der Waals surface area contributed by atoms with Gasteiger partial charge < -0.3 is 24.5 Å². The molecule has 3 aromatic rings. The number of aromatic nitrogens is 1. The predicted octanol–water partition coefficient (Wildman–Crippen LogP) is 3.65. The summed E-state index contributed by atoms with van der Waals surface area (Å²) in [5.74, 6) is -1.06. The summed E-state index contributed by atoms with van der Waals surface area (Å²) in [6.07, 6.45) is 1.67. The van der Waals surface area contributed by atoms with E-state index in [1.165, 1.54) is 27.4 Å². The third kappa shape index (κ3) is 3.51. The van der Waals surface area contributed by atoms with Gasteiger partial charge in [-0.25, -0.2) is 8.78 Å². The molecule has 1 aromatic heterocycles. The number of aromatic amines is 1. The molecule has 2 aromatic carbocycles. The number of anilines is 1. The molecular weight excluding hydrogens is 358 g/mol. The van der Waals surface area contributed by atoms with E-state index >= 15 is 0 Å². The number of rotatable bonds is 6. The zero-order valence-corrected chi connectivity index (χ0v) is 15.0. The summed E-state index contributed by atoms with van der Waals surface area (Å²) in [4.78, 5) is 15.4. The van der Waals surface area contributed by atoms with Crippen LogP contribution in [0.2, 0.25) is 0 Å². The van der Waals surface area contributed by atoms with Crippen LogP contribution in [-0.2, 0) is 11.2 Å². The number of benzene rings is 2. The predicted molar refractivity (Wildman–Crippen MR) is 96.6 cm³/mol. The zero-order chi connectivity index (χ0) is 19.6. The number of amides is 1. The van der Waals surface area contributed by atoms with Gasteiger partial charge in [0.15, 0.2) is 23.1 Å². The number of halogens is 2. The monoisotopic (exact) mass is 376 g/mol. The van der Waals surface area contributed by atoms with Gasteiger partial charge in [-0.15, -0.1) is 0 Å². The molecule has 0 saturated heterocycles. The molecule has 6 nitrogen and oxygen atoms in total. The van der Waals surface area contributed by atoms with Crippen LogP contribution in [0.5, 0.6) is 17.2 Å². The maximum absolute atomic E-state index is 13.3. The van der Waals surface area contributed by atoms with Gasteiger partial charge in [-0.05, 0) is 17.7 Å². The highest BCUT2D eigenvalue weighted by Gasteiger charge is 2.21. The second kappa shape index (κ2) is 7.53. The first-order chi connectivity index (χ1) is 13.0. The minimum Gasteiger partial charge on any atom is -0.493 e. The molecule has 0 bridgehead atoms. The lowest BCUT2D eigenvalue weighted by Crippen LogP contribution is -2.14. The van der Waals surface area contributed by atoms with Gasteiger partial charge in [0.25, 0.3) is 0 Å². The van der Waals surface area contributed by atoms with E-state index in [-0.39, 0.29) is 12.1 Å². The third-order valence-corrected chi connectivity index (χ3v) is 4.11. The molecule has 27 heavy (non-hydrogen) atoms. The first kappa shape index (κ1) is 18.5. The normalized spacial score (nSPS) is 10.7. The van der Waals surface area contributed by atoms with Gasteiger partial charge in [0.2, 0.25) is 11.7 Å². The molecule has 0 saturated carbocycles. The fourth-order valence-electron chi connectivity index (χ4n) is 2.92. The second-order valence-corrected chi connectivity index (χ2v) is 5.74. The summed E-state index contributed by atoms with van der Waals surface area (Å²) in [6.45, 7) is 0. The van der Waals surface area contributed by atoms with Crippen LogP contribution in [0.25, 0.3) is 10.9 Å². The van der Waals surface area contributed by atoms with Gasteiger partial charge in [0.1, 0.15) is 0 Å². The number of nitrogens with one attached hydrogen (secondary N) is 2. The number of hydrogen-bond donors (Lipinski definition) is 2. The van der Waals surface area contributed by atoms with E-state index in [0.717, 1.165) is 12.1 Å². The van der Waals surface area contributed by atoms with Crippen LogP contribution in [0.3, 0.4) is 0 Å². The van der Waals surface area contributed by atoms with E-state index in [1.54, 1.807) is 12.3 Å². The summed E-state index contributed by atoms with van der Waals surface area (Å²) < 4.78 is 42.5. The molecule has 0 radical (unpaired) electrons. The van der Waals surface area contributed by atoms with E-state index in [4.69, 9.17) is 14.2 Å². The van der Waals surface area contributed by atoms with Crippen molar-refractivity contribution in [2.24, 2.45) is 0 Å². The van der Waals surface area contributed by atoms with Gasteiger partial charge in [-0.3, -0.25) is 4.79 Å². The Morgan fingerprint density at radius 1 is 1.04 bits per heavy atom. The van der Waals surface area contributed by atoms with E-state index in [1.807, 2.05) is 0 Å². The van der Waals surface area contributed by atoms with Crippen LogP contribution in [0.15, 0.2) is 30.5 Å². The minimum absolute atomic E-state index is 0.00909. The van der Waals surface area contributed by atoms with Crippen molar-refractivity contribution in [3.63, 3.8) is 0 Å². The summed E-state index contributed by atoms with van der Waals surface area (Å²) in [6, 6.07) is 4.92. The van der Waals surface area contributed by atoms with Gasteiger partial charge in [0.05, 0.1) is 33.3 Å². The third-order valence-electron chi connectivity index (χ3n) is 4.11. The average molecular weight is 376 g/mol. The lowest BCUT2D eigenvalue weighted by molar-refractivity contribution is -0.115. The van der Waals surface area contributed by atoms with Crippen molar-refractivity contribution in [1.29, 1.82) is 0 Å². The molecule has 0 unspecified atom stereocenters. The van der Waals surface area contributed by atoms with Crippen LogP contribution < -0.4 is 19.5 Å². The van der Waals surface area contributed by atoms with Crippen LogP contribution in [0.1, 0.15) is 5.56 Å². The van der Waals surface area contributed by atoms with Crippen molar-refractivity contribution in [2.75, 3.05) is 26.6 Å². The molecular formula is C19H18F2N2O4. The van der Waals surface area contributed by atoms with Gasteiger partial charge >= 0.3 is 0 Å². The van der Waals surface area contributed by atoms with Gasteiger partial charge in [-0.1, -0.05) is 0 Å². The Morgan fingerprint density at radius 3 is 2.41 bits per heavy atom. The van der Waals surface area contributed by atoms with Crippen molar-refractivity contribution in [2.45, 2.75) is 6.42 Å². The fourth-order valence-corrected chi connectivity index (χ4v) is 2.92.